The highest BCUT2D eigenvalue weighted by atomic mass is 19.1. The Hall–Kier alpha value is -1.68. The molecule has 0 saturated carbocycles. The Bertz CT molecular complexity index is 536. The molecule has 0 fully saturated rings. The van der Waals surface area contributed by atoms with Crippen molar-refractivity contribution in [3.05, 3.63) is 53.6 Å². The second-order valence-corrected chi connectivity index (χ2v) is 5.17. The van der Waals surface area contributed by atoms with Gasteiger partial charge in [-0.1, -0.05) is 12.1 Å². The van der Waals surface area contributed by atoms with Gasteiger partial charge in [0.05, 0.1) is 6.20 Å². The summed E-state index contributed by atoms with van der Waals surface area (Å²) in [6, 6.07) is 6.87. The number of aryl methyl sites for hydroxylation is 1. The highest BCUT2D eigenvalue weighted by Gasteiger charge is 2.12. The molecule has 0 spiro atoms. The van der Waals surface area contributed by atoms with Crippen LogP contribution in [-0.4, -0.2) is 23.4 Å². The summed E-state index contributed by atoms with van der Waals surface area (Å²) in [4.78, 5) is 0. The largest absolute Gasteiger partial charge is 0.319 e. The van der Waals surface area contributed by atoms with E-state index < -0.39 is 0 Å². The fraction of sp³-hybridized carbons (Fsp3) is 0.438. The highest BCUT2D eigenvalue weighted by Crippen LogP contribution is 2.15. The second kappa shape index (κ2) is 7.20. The van der Waals surface area contributed by atoms with Gasteiger partial charge < -0.3 is 5.32 Å². The van der Waals surface area contributed by atoms with E-state index in [1.54, 1.807) is 12.1 Å². The first-order chi connectivity index (χ1) is 9.71. The number of hydrogen-bond acceptors (Lipinski definition) is 2. The molecular weight excluding hydrogens is 253 g/mol. The fourth-order valence-corrected chi connectivity index (χ4v) is 2.52. The van der Waals surface area contributed by atoms with E-state index in [0.717, 1.165) is 31.5 Å². The molecule has 108 valence electrons. The van der Waals surface area contributed by atoms with Gasteiger partial charge in [-0.05, 0) is 62.5 Å². The molecule has 1 N–H and O–H groups in total. The third kappa shape index (κ3) is 4.17. The van der Waals surface area contributed by atoms with Crippen molar-refractivity contribution < 1.29 is 4.39 Å². The summed E-state index contributed by atoms with van der Waals surface area (Å²) in [5.74, 6) is 0.279. The number of halogens is 1. The molecule has 1 heterocycles. The van der Waals surface area contributed by atoms with Crippen molar-refractivity contribution in [2.45, 2.75) is 26.3 Å². The van der Waals surface area contributed by atoms with E-state index in [4.69, 9.17) is 0 Å². The van der Waals surface area contributed by atoms with Gasteiger partial charge in [0.2, 0.25) is 0 Å². The molecule has 1 aromatic carbocycles. The van der Waals surface area contributed by atoms with Gasteiger partial charge in [-0.25, -0.2) is 4.39 Å². The molecule has 3 nitrogen and oxygen atoms in total. The van der Waals surface area contributed by atoms with E-state index in [2.05, 4.69) is 23.5 Å². The topological polar surface area (TPSA) is 29.9 Å². The summed E-state index contributed by atoms with van der Waals surface area (Å²) in [6.45, 7) is 3.88. The van der Waals surface area contributed by atoms with E-state index in [0.29, 0.717) is 5.92 Å². The molecule has 0 radical (unpaired) electrons. The van der Waals surface area contributed by atoms with Crippen molar-refractivity contribution in [3.63, 3.8) is 0 Å². The van der Waals surface area contributed by atoms with Crippen LogP contribution in [-0.2, 0) is 19.4 Å². The minimum Gasteiger partial charge on any atom is -0.319 e. The van der Waals surface area contributed by atoms with E-state index >= 15 is 0 Å². The van der Waals surface area contributed by atoms with Crippen LogP contribution < -0.4 is 5.32 Å². The summed E-state index contributed by atoms with van der Waals surface area (Å²) in [7, 11) is 1.95. The minimum absolute atomic E-state index is 0.162. The Morgan fingerprint density at radius 2 is 2.10 bits per heavy atom. The Balaban J connectivity index is 2.02. The monoisotopic (exact) mass is 275 g/mol. The number of nitrogens with one attached hydrogen (secondary N) is 1. The predicted octanol–water partition coefficient (Wildman–Crippen LogP) is 2.66. The number of aromatic nitrogens is 2. The molecule has 0 aliphatic rings. The lowest BCUT2D eigenvalue weighted by Crippen LogP contribution is -2.22. The van der Waals surface area contributed by atoms with Gasteiger partial charge in [0.25, 0.3) is 0 Å². The molecular formula is C16H22FN3. The molecule has 1 unspecified atom stereocenters. The maximum Gasteiger partial charge on any atom is 0.123 e. The van der Waals surface area contributed by atoms with Gasteiger partial charge >= 0.3 is 0 Å². The summed E-state index contributed by atoms with van der Waals surface area (Å²) in [5.41, 5.74) is 2.29. The summed E-state index contributed by atoms with van der Waals surface area (Å²) >= 11 is 0. The van der Waals surface area contributed by atoms with Crippen molar-refractivity contribution in [1.29, 1.82) is 0 Å². The van der Waals surface area contributed by atoms with Crippen molar-refractivity contribution in [1.82, 2.24) is 15.1 Å². The SMILES string of the molecule is CCn1cc(CC(CNC)Cc2cccc(F)c2)cn1. The summed E-state index contributed by atoms with van der Waals surface area (Å²) in [6.07, 6.45) is 5.85. The second-order valence-electron chi connectivity index (χ2n) is 5.17. The van der Waals surface area contributed by atoms with Crippen LogP contribution in [0, 0.1) is 11.7 Å². The average Bonchev–Trinajstić information content (AvgIpc) is 2.87. The van der Waals surface area contributed by atoms with Crippen LogP contribution in [0.5, 0.6) is 0 Å². The van der Waals surface area contributed by atoms with Crippen LogP contribution in [0.15, 0.2) is 36.7 Å². The van der Waals surface area contributed by atoms with Gasteiger partial charge in [0.1, 0.15) is 5.82 Å². The first kappa shape index (κ1) is 14.7. The molecule has 20 heavy (non-hydrogen) atoms. The van der Waals surface area contributed by atoms with Crippen molar-refractivity contribution in [2.75, 3.05) is 13.6 Å². The number of benzene rings is 1. The molecule has 0 bridgehead atoms. The molecule has 0 aliphatic carbocycles. The standard InChI is InChI=1S/C16H22FN3/c1-3-20-12-15(11-19-20)8-14(10-18-2)7-13-5-4-6-16(17)9-13/h4-6,9,11-12,14,18H,3,7-8,10H2,1-2H3. The Morgan fingerprint density at radius 1 is 1.30 bits per heavy atom. The van der Waals surface area contributed by atoms with E-state index in [1.165, 1.54) is 11.6 Å². The maximum absolute atomic E-state index is 13.3. The highest BCUT2D eigenvalue weighted by molar-refractivity contribution is 5.17. The minimum atomic E-state index is -0.162. The van der Waals surface area contributed by atoms with Crippen molar-refractivity contribution in [3.8, 4) is 0 Å². The maximum atomic E-state index is 13.3. The third-order valence-corrected chi connectivity index (χ3v) is 3.44. The molecule has 1 aromatic heterocycles. The fourth-order valence-electron chi connectivity index (χ4n) is 2.52. The van der Waals surface area contributed by atoms with E-state index in [-0.39, 0.29) is 5.82 Å². The lowest BCUT2D eigenvalue weighted by molar-refractivity contribution is 0.491. The Morgan fingerprint density at radius 3 is 2.75 bits per heavy atom. The zero-order valence-electron chi connectivity index (χ0n) is 12.1. The van der Waals surface area contributed by atoms with Crippen LogP contribution in [0.25, 0.3) is 0 Å². The van der Waals surface area contributed by atoms with Crippen LogP contribution in [0.3, 0.4) is 0 Å². The molecule has 0 saturated heterocycles. The molecule has 4 heteroatoms. The first-order valence-electron chi connectivity index (χ1n) is 7.11. The van der Waals surface area contributed by atoms with Gasteiger partial charge in [-0.15, -0.1) is 0 Å². The molecule has 1 atom stereocenters. The lowest BCUT2D eigenvalue weighted by Gasteiger charge is -2.16. The molecule has 0 amide bonds. The van der Waals surface area contributed by atoms with Gasteiger partial charge in [-0.3, -0.25) is 4.68 Å². The van der Waals surface area contributed by atoms with Crippen LogP contribution in [0.1, 0.15) is 18.1 Å². The summed E-state index contributed by atoms with van der Waals surface area (Å²) in [5, 5.41) is 7.53. The quantitative estimate of drug-likeness (QED) is 0.842. The molecule has 2 aromatic rings. The predicted molar refractivity (Wildman–Crippen MR) is 79.1 cm³/mol. The van der Waals surface area contributed by atoms with Gasteiger partial charge in [0, 0.05) is 12.7 Å². The Kier molecular flexibility index (Phi) is 5.30. The summed E-state index contributed by atoms with van der Waals surface area (Å²) < 4.78 is 15.2. The van der Waals surface area contributed by atoms with Gasteiger partial charge in [-0.2, -0.15) is 5.10 Å². The average molecular weight is 275 g/mol. The van der Waals surface area contributed by atoms with Crippen LogP contribution in [0.2, 0.25) is 0 Å². The number of rotatable bonds is 7. The van der Waals surface area contributed by atoms with Gasteiger partial charge in [0.15, 0.2) is 0 Å². The van der Waals surface area contributed by atoms with Crippen LogP contribution in [0.4, 0.5) is 4.39 Å². The third-order valence-electron chi connectivity index (χ3n) is 3.44. The van der Waals surface area contributed by atoms with Crippen molar-refractivity contribution in [2.24, 2.45) is 5.92 Å². The Labute approximate surface area is 119 Å². The zero-order chi connectivity index (χ0) is 14.4. The smallest absolute Gasteiger partial charge is 0.123 e. The first-order valence-corrected chi connectivity index (χ1v) is 7.11. The zero-order valence-corrected chi connectivity index (χ0v) is 12.1. The molecule has 2 rings (SSSR count). The number of hydrogen-bond donors (Lipinski definition) is 1. The lowest BCUT2D eigenvalue weighted by atomic mass is 9.93. The van der Waals surface area contributed by atoms with E-state index in [9.17, 15) is 4.39 Å². The molecule has 0 aliphatic heterocycles. The van der Waals surface area contributed by atoms with Crippen LogP contribution >= 0.6 is 0 Å². The van der Waals surface area contributed by atoms with Crippen molar-refractivity contribution >= 4 is 0 Å². The number of nitrogens with zero attached hydrogens (tertiary/aromatic N) is 2. The van der Waals surface area contributed by atoms with E-state index in [1.807, 2.05) is 24.0 Å². The normalized spacial score (nSPS) is 12.6.